The van der Waals surface area contributed by atoms with Crippen molar-refractivity contribution >= 4 is 39.6 Å². The molecular weight excluding hydrogens is 385 g/mol. The van der Waals surface area contributed by atoms with E-state index in [1.165, 1.54) is 34.8 Å². The van der Waals surface area contributed by atoms with Gasteiger partial charge in [-0.15, -0.1) is 11.3 Å². The number of hydrogen-bond acceptors (Lipinski definition) is 5. The fourth-order valence-corrected chi connectivity index (χ4v) is 3.94. The molecule has 0 aliphatic carbocycles. The Morgan fingerprint density at radius 1 is 1.19 bits per heavy atom. The van der Waals surface area contributed by atoms with Crippen molar-refractivity contribution in [1.29, 1.82) is 0 Å². The number of hydrogen-bond donors (Lipinski definition) is 2. The van der Waals surface area contributed by atoms with Gasteiger partial charge in [0.2, 0.25) is 5.91 Å². The van der Waals surface area contributed by atoms with Crippen molar-refractivity contribution in [3.8, 4) is 11.3 Å². The summed E-state index contributed by atoms with van der Waals surface area (Å²) in [5, 5.41) is 9.71. The molecule has 3 rings (SSSR count). The molecular formula is C19H18FN3O2S2. The Bertz CT molecular complexity index is 921. The zero-order chi connectivity index (χ0) is 19.2. The third kappa shape index (κ3) is 5.21. The molecule has 3 aromatic rings. The van der Waals surface area contributed by atoms with Gasteiger partial charge in [0, 0.05) is 34.3 Å². The van der Waals surface area contributed by atoms with Crippen LogP contribution in [-0.2, 0) is 4.79 Å². The minimum Gasteiger partial charge on any atom is -0.352 e. The Kier molecular flexibility index (Phi) is 6.31. The quantitative estimate of drug-likeness (QED) is 0.572. The molecule has 2 N–H and O–H groups in total. The van der Waals surface area contributed by atoms with E-state index >= 15 is 0 Å². The third-order valence-electron chi connectivity index (χ3n) is 3.81. The van der Waals surface area contributed by atoms with Gasteiger partial charge in [0.15, 0.2) is 5.13 Å². The maximum Gasteiger partial charge on any atom is 0.252 e. The van der Waals surface area contributed by atoms with Gasteiger partial charge in [-0.1, -0.05) is 0 Å². The lowest BCUT2D eigenvalue weighted by atomic mass is 10.1. The van der Waals surface area contributed by atoms with Gasteiger partial charge < -0.3 is 10.6 Å². The van der Waals surface area contributed by atoms with E-state index in [2.05, 4.69) is 15.6 Å². The van der Waals surface area contributed by atoms with Crippen LogP contribution in [0.2, 0.25) is 0 Å². The van der Waals surface area contributed by atoms with E-state index < -0.39 is 0 Å². The number of rotatable bonds is 7. The fraction of sp³-hybridized carbons (Fsp3) is 0.211. The number of benzene rings is 1. The summed E-state index contributed by atoms with van der Waals surface area (Å²) in [7, 11) is 0. The molecule has 2 heterocycles. The molecule has 0 unspecified atom stereocenters. The Hall–Kier alpha value is -2.58. The van der Waals surface area contributed by atoms with Gasteiger partial charge in [-0.2, -0.15) is 11.3 Å². The fourth-order valence-electron chi connectivity index (χ4n) is 2.45. The topological polar surface area (TPSA) is 71.1 Å². The lowest BCUT2D eigenvalue weighted by Crippen LogP contribution is -2.25. The van der Waals surface area contributed by atoms with Crippen LogP contribution in [0.5, 0.6) is 0 Å². The molecule has 2 aromatic heterocycles. The predicted octanol–water partition coefficient (Wildman–Crippen LogP) is 4.47. The highest BCUT2D eigenvalue weighted by atomic mass is 32.1. The molecule has 0 aliphatic heterocycles. The molecule has 0 bridgehead atoms. The molecule has 2 amide bonds. The average molecular weight is 404 g/mol. The molecule has 0 fully saturated rings. The number of aromatic nitrogens is 1. The van der Waals surface area contributed by atoms with Gasteiger partial charge in [0.25, 0.3) is 5.91 Å². The number of carbonyl (C=O) groups excluding carboxylic acids is 2. The summed E-state index contributed by atoms with van der Waals surface area (Å²) in [5.41, 5.74) is 2.18. The normalized spacial score (nSPS) is 10.6. The predicted molar refractivity (Wildman–Crippen MR) is 107 cm³/mol. The third-order valence-corrected chi connectivity index (χ3v) is 5.38. The first-order chi connectivity index (χ1) is 13.0. The highest BCUT2D eigenvalue weighted by molar-refractivity contribution is 7.16. The van der Waals surface area contributed by atoms with Gasteiger partial charge in [-0.25, -0.2) is 9.37 Å². The first kappa shape index (κ1) is 19.2. The van der Waals surface area contributed by atoms with Crippen LogP contribution in [0, 0.1) is 12.7 Å². The molecule has 0 aliphatic rings. The van der Waals surface area contributed by atoms with Crippen molar-refractivity contribution in [3.63, 3.8) is 0 Å². The highest BCUT2D eigenvalue weighted by Crippen LogP contribution is 2.30. The van der Waals surface area contributed by atoms with E-state index in [4.69, 9.17) is 0 Å². The standard InChI is InChI=1S/C19H18FN3O2S2/c1-12-17(13-4-6-15(20)7-5-13)23-19(27-12)22-16(24)3-2-9-21-18(25)14-8-10-26-11-14/h4-8,10-11H,2-3,9H2,1H3,(H,21,25)(H,22,23,24). The molecule has 0 saturated heterocycles. The molecule has 0 spiro atoms. The van der Waals surface area contributed by atoms with Crippen LogP contribution >= 0.6 is 22.7 Å². The number of thiophene rings is 1. The van der Waals surface area contributed by atoms with Gasteiger partial charge >= 0.3 is 0 Å². The van der Waals surface area contributed by atoms with Gasteiger partial charge in [0.1, 0.15) is 5.82 Å². The molecule has 0 saturated carbocycles. The second-order valence-electron chi connectivity index (χ2n) is 5.85. The van der Waals surface area contributed by atoms with E-state index in [9.17, 15) is 14.0 Å². The number of aryl methyl sites for hydroxylation is 1. The maximum atomic E-state index is 13.1. The Balaban J connectivity index is 1.47. The minimum atomic E-state index is -0.300. The smallest absolute Gasteiger partial charge is 0.252 e. The van der Waals surface area contributed by atoms with Gasteiger partial charge in [0.05, 0.1) is 5.69 Å². The van der Waals surface area contributed by atoms with Crippen molar-refractivity contribution < 1.29 is 14.0 Å². The first-order valence-corrected chi connectivity index (χ1v) is 10.1. The minimum absolute atomic E-state index is 0.129. The Morgan fingerprint density at radius 2 is 1.96 bits per heavy atom. The second-order valence-corrected chi connectivity index (χ2v) is 7.83. The van der Waals surface area contributed by atoms with E-state index in [-0.39, 0.29) is 24.1 Å². The summed E-state index contributed by atoms with van der Waals surface area (Å²) in [4.78, 5) is 29.3. The summed E-state index contributed by atoms with van der Waals surface area (Å²) < 4.78 is 13.1. The number of thiazole rings is 1. The van der Waals surface area contributed by atoms with E-state index in [1.807, 2.05) is 12.3 Å². The summed E-state index contributed by atoms with van der Waals surface area (Å²) in [6.45, 7) is 2.34. The molecule has 1 aromatic carbocycles. The van der Waals surface area contributed by atoms with Gasteiger partial charge in [-0.05, 0) is 49.1 Å². The maximum absolute atomic E-state index is 13.1. The van der Waals surface area contributed by atoms with E-state index in [0.717, 1.165) is 16.1 Å². The number of halogens is 1. The van der Waals surface area contributed by atoms with E-state index in [0.29, 0.717) is 23.7 Å². The Morgan fingerprint density at radius 3 is 2.67 bits per heavy atom. The molecule has 8 heteroatoms. The largest absolute Gasteiger partial charge is 0.352 e. The van der Waals surface area contributed by atoms with Crippen LogP contribution in [0.4, 0.5) is 9.52 Å². The first-order valence-electron chi connectivity index (χ1n) is 8.36. The Labute approximate surface area is 164 Å². The van der Waals surface area contributed by atoms with Crippen molar-refractivity contribution in [2.75, 3.05) is 11.9 Å². The van der Waals surface area contributed by atoms with Crippen molar-refractivity contribution in [2.45, 2.75) is 19.8 Å². The second kappa shape index (κ2) is 8.88. The number of nitrogens with zero attached hydrogens (tertiary/aromatic N) is 1. The van der Waals surface area contributed by atoms with Crippen LogP contribution < -0.4 is 10.6 Å². The van der Waals surface area contributed by atoms with Crippen molar-refractivity contribution in [2.24, 2.45) is 0 Å². The molecule has 0 atom stereocenters. The summed E-state index contributed by atoms with van der Waals surface area (Å²) in [5.74, 6) is -0.582. The SMILES string of the molecule is Cc1sc(NC(=O)CCCNC(=O)c2ccsc2)nc1-c1ccc(F)cc1. The van der Waals surface area contributed by atoms with Crippen LogP contribution in [-0.4, -0.2) is 23.3 Å². The summed E-state index contributed by atoms with van der Waals surface area (Å²) in [6, 6.07) is 7.86. The lowest BCUT2D eigenvalue weighted by molar-refractivity contribution is -0.116. The average Bonchev–Trinajstić information content (AvgIpc) is 3.29. The zero-order valence-electron chi connectivity index (χ0n) is 14.6. The molecule has 140 valence electrons. The number of anilines is 1. The molecule has 5 nitrogen and oxygen atoms in total. The van der Waals surface area contributed by atoms with Crippen LogP contribution in [0.15, 0.2) is 41.1 Å². The zero-order valence-corrected chi connectivity index (χ0v) is 16.3. The summed E-state index contributed by atoms with van der Waals surface area (Å²) in [6.07, 6.45) is 0.825. The van der Waals surface area contributed by atoms with Crippen LogP contribution in [0.3, 0.4) is 0 Å². The number of nitrogens with one attached hydrogen (secondary N) is 2. The highest BCUT2D eigenvalue weighted by Gasteiger charge is 2.12. The summed E-state index contributed by atoms with van der Waals surface area (Å²) >= 11 is 2.84. The number of amides is 2. The van der Waals surface area contributed by atoms with E-state index in [1.54, 1.807) is 23.6 Å². The van der Waals surface area contributed by atoms with Crippen molar-refractivity contribution in [3.05, 3.63) is 57.3 Å². The molecule has 0 radical (unpaired) electrons. The van der Waals surface area contributed by atoms with Crippen molar-refractivity contribution in [1.82, 2.24) is 10.3 Å². The molecule has 27 heavy (non-hydrogen) atoms. The van der Waals surface area contributed by atoms with Crippen LogP contribution in [0.1, 0.15) is 28.1 Å². The van der Waals surface area contributed by atoms with Gasteiger partial charge in [-0.3, -0.25) is 9.59 Å². The number of carbonyl (C=O) groups is 2. The monoisotopic (exact) mass is 403 g/mol. The van der Waals surface area contributed by atoms with Crippen LogP contribution in [0.25, 0.3) is 11.3 Å². The lowest BCUT2D eigenvalue weighted by Gasteiger charge is -2.04.